The summed E-state index contributed by atoms with van der Waals surface area (Å²) in [6.45, 7) is 5.81. The highest BCUT2D eigenvalue weighted by atomic mass is 15.1. The average Bonchev–Trinajstić information content (AvgIpc) is 3.12. The first-order valence-corrected chi connectivity index (χ1v) is 14.3. The molecule has 0 N–H and O–H groups in total. The number of hydrogen-bond donors (Lipinski definition) is 0. The van der Waals surface area contributed by atoms with Gasteiger partial charge in [-0.2, -0.15) is 0 Å². The number of aryl methyl sites for hydroxylation is 2. The van der Waals surface area contributed by atoms with Crippen LogP contribution in [0.3, 0.4) is 0 Å². The van der Waals surface area contributed by atoms with Crippen LogP contribution in [-0.2, 0) is 20.0 Å². The van der Waals surface area contributed by atoms with E-state index in [0.717, 1.165) is 0 Å². The molecule has 1 aromatic heterocycles. The minimum Gasteiger partial charge on any atom is -0.237 e. The third-order valence-electron chi connectivity index (χ3n) is 6.97. The summed E-state index contributed by atoms with van der Waals surface area (Å²) in [6, 6.07) is 0. The van der Waals surface area contributed by atoms with Crippen molar-refractivity contribution in [2.75, 3.05) is 0 Å². The monoisotopic (exact) mass is 433 g/mol. The predicted molar refractivity (Wildman–Crippen MR) is 138 cm³/mol. The van der Waals surface area contributed by atoms with E-state index in [9.17, 15) is 0 Å². The van der Waals surface area contributed by atoms with E-state index in [-0.39, 0.29) is 0 Å². The van der Waals surface area contributed by atoms with Crippen molar-refractivity contribution in [3.8, 4) is 0 Å². The molecule has 2 nitrogen and oxygen atoms in total. The second-order valence-electron chi connectivity index (χ2n) is 9.99. The zero-order chi connectivity index (χ0) is 22.4. The standard InChI is InChI=1S/C29H57N2/c1-4-6-8-10-12-14-15-16-17-18-20-22-24-26-31-28-27-30(3)29(31)25-23-21-19-13-11-9-7-5-2/h27-28H,4-26H2,1-3H3/q+1. The van der Waals surface area contributed by atoms with Crippen LogP contribution in [0.15, 0.2) is 12.4 Å². The lowest BCUT2D eigenvalue weighted by Crippen LogP contribution is -2.32. The summed E-state index contributed by atoms with van der Waals surface area (Å²) in [5.74, 6) is 1.53. The Balaban J connectivity index is 1.99. The second-order valence-corrected chi connectivity index (χ2v) is 9.99. The molecule has 0 bridgehead atoms. The van der Waals surface area contributed by atoms with Crippen LogP contribution in [0.2, 0.25) is 0 Å². The van der Waals surface area contributed by atoms with Crippen molar-refractivity contribution >= 4 is 0 Å². The first-order valence-electron chi connectivity index (χ1n) is 14.3. The van der Waals surface area contributed by atoms with Crippen LogP contribution < -0.4 is 4.57 Å². The lowest BCUT2D eigenvalue weighted by molar-refractivity contribution is -0.678. The van der Waals surface area contributed by atoms with Gasteiger partial charge in [0.05, 0.1) is 13.6 Å². The Hall–Kier alpha value is -0.790. The lowest BCUT2D eigenvalue weighted by Gasteiger charge is -2.05. The van der Waals surface area contributed by atoms with Crippen molar-refractivity contribution in [3.05, 3.63) is 18.2 Å². The van der Waals surface area contributed by atoms with E-state index in [2.05, 4.69) is 42.4 Å². The fraction of sp³-hybridized carbons (Fsp3) is 0.897. The maximum atomic E-state index is 2.53. The van der Waals surface area contributed by atoms with Crippen molar-refractivity contribution in [1.82, 2.24) is 4.57 Å². The average molecular weight is 434 g/mol. The van der Waals surface area contributed by atoms with Crippen LogP contribution in [0.1, 0.15) is 155 Å². The Bertz CT molecular complexity index is 491. The van der Waals surface area contributed by atoms with Crippen molar-refractivity contribution < 1.29 is 4.57 Å². The third kappa shape index (κ3) is 15.6. The van der Waals surface area contributed by atoms with E-state index in [1.54, 1.807) is 0 Å². The molecular weight excluding hydrogens is 376 g/mol. The quantitative estimate of drug-likeness (QED) is 0.120. The molecule has 0 atom stereocenters. The number of aromatic nitrogens is 2. The van der Waals surface area contributed by atoms with E-state index in [1.165, 1.54) is 154 Å². The highest BCUT2D eigenvalue weighted by molar-refractivity contribution is 4.84. The zero-order valence-electron chi connectivity index (χ0n) is 21.8. The summed E-state index contributed by atoms with van der Waals surface area (Å²) in [5, 5.41) is 0. The van der Waals surface area contributed by atoms with Gasteiger partial charge in [0.25, 0.3) is 5.82 Å². The van der Waals surface area contributed by atoms with Gasteiger partial charge in [-0.1, -0.05) is 129 Å². The van der Waals surface area contributed by atoms with Gasteiger partial charge in [-0.25, -0.2) is 9.13 Å². The number of nitrogens with zero attached hydrogens (tertiary/aromatic N) is 2. The molecule has 0 aliphatic heterocycles. The summed E-state index contributed by atoms with van der Waals surface area (Å²) in [4.78, 5) is 0. The van der Waals surface area contributed by atoms with Gasteiger partial charge in [-0.3, -0.25) is 0 Å². The summed E-state index contributed by atoms with van der Waals surface area (Å²) in [6.07, 6.45) is 35.7. The second kappa shape index (κ2) is 21.1. The molecule has 0 aromatic carbocycles. The molecule has 31 heavy (non-hydrogen) atoms. The molecule has 0 radical (unpaired) electrons. The van der Waals surface area contributed by atoms with Crippen LogP contribution in [0.5, 0.6) is 0 Å². The van der Waals surface area contributed by atoms with E-state index in [4.69, 9.17) is 0 Å². The zero-order valence-corrected chi connectivity index (χ0v) is 21.8. The van der Waals surface area contributed by atoms with Gasteiger partial charge in [0, 0.05) is 6.42 Å². The van der Waals surface area contributed by atoms with Gasteiger partial charge in [0.2, 0.25) is 0 Å². The Labute approximate surface area is 196 Å². The maximum absolute atomic E-state index is 2.53. The molecule has 182 valence electrons. The Kier molecular flexibility index (Phi) is 19.2. The normalized spacial score (nSPS) is 11.5. The van der Waals surface area contributed by atoms with Crippen LogP contribution >= 0.6 is 0 Å². The van der Waals surface area contributed by atoms with E-state index < -0.39 is 0 Å². The molecule has 0 aliphatic rings. The van der Waals surface area contributed by atoms with Crippen LogP contribution in [0, 0.1) is 0 Å². The maximum Gasteiger partial charge on any atom is 0.256 e. The molecule has 0 fully saturated rings. The van der Waals surface area contributed by atoms with Gasteiger partial charge in [0.15, 0.2) is 0 Å². The lowest BCUT2D eigenvalue weighted by atomic mass is 10.0. The summed E-state index contributed by atoms with van der Waals surface area (Å²) in [5.41, 5.74) is 0. The molecule has 1 heterocycles. The van der Waals surface area contributed by atoms with Crippen molar-refractivity contribution in [3.63, 3.8) is 0 Å². The van der Waals surface area contributed by atoms with Crippen LogP contribution in [0.25, 0.3) is 0 Å². The molecule has 0 saturated heterocycles. The SMILES string of the molecule is CCCCCCCCCCCCCCCn1cc[n+](C)c1CCCCCCCCCC. The molecule has 1 rings (SSSR count). The van der Waals surface area contributed by atoms with E-state index in [0.29, 0.717) is 0 Å². The highest BCUT2D eigenvalue weighted by Gasteiger charge is 2.13. The third-order valence-corrected chi connectivity index (χ3v) is 6.97. The molecule has 0 saturated carbocycles. The minimum absolute atomic E-state index is 1.21. The molecule has 0 amide bonds. The fourth-order valence-corrected chi connectivity index (χ4v) is 4.80. The number of imidazole rings is 1. The molecule has 0 unspecified atom stereocenters. The van der Waals surface area contributed by atoms with Gasteiger partial charge >= 0.3 is 0 Å². The Morgan fingerprint density at radius 1 is 0.548 bits per heavy atom. The predicted octanol–water partition coefficient (Wildman–Crippen LogP) is 9.09. The first kappa shape index (κ1) is 28.2. The van der Waals surface area contributed by atoms with E-state index >= 15 is 0 Å². The molecule has 0 aliphatic carbocycles. The molecule has 2 heteroatoms. The van der Waals surface area contributed by atoms with Gasteiger partial charge in [-0.05, 0) is 19.3 Å². The largest absolute Gasteiger partial charge is 0.256 e. The van der Waals surface area contributed by atoms with Gasteiger partial charge in [0.1, 0.15) is 12.4 Å². The summed E-state index contributed by atoms with van der Waals surface area (Å²) in [7, 11) is 2.22. The van der Waals surface area contributed by atoms with Crippen LogP contribution in [0.4, 0.5) is 0 Å². The fourth-order valence-electron chi connectivity index (χ4n) is 4.80. The Morgan fingerprint density at radius 2 is 0.935 bits per heavy atom. The van der Waals surface area contributed by atoms with Crippen LogP contribution in [-0.4, -0.2) is 4.57 Å². The minimum atomic E-state index is 1.21. The molecule has 1 aromatic rings. The Morgan fingerprint density at radius 3 is 1.39 bits per heavy atom. The number of hydrogen-bond acceptors (Lipinski definition) is 0. The molecule has 0 spiro atoms. The number of rotatable bonds is 23. The topological polar surface area (TPSA) is 8.81 Å². The smallest absolute Gasteiger partial charge is 0.237 e. The van der Waals surface area contributed by atoms with Crippen molar-refractivity contribution in [2.45, 2.75) is 162 Å². The van der Waals surface area contributed by atoms with Crippen molar-refractivity contribution in [2.24, 2.45) is 7.05 Å². The summed E-state index contributed by atoms with van der Waals surface area (Å²) >= 11 is 0. The first-order chi connectivity index (χ1) is 15.3. The summed E-state index contributed by atoms with van der Waals surface area (Å²) < 4.78 is 4.88. The van der Waals surface area contributed by atoms with Crippen molar-refractivity contribution in [1.29, 1.82) is 0 Å². The van der Waals surface area contributed by atoms with Gasteiger partial charge < -0.3 is 0 Å². The van der Waals surface area contributed by atoms with E-state index in [1.807, 2.05) is 0 Å². The van der Waals surface area contributed by atoms with Gasteiger partial charge in [-0.15, -0.1) is 0 Å². The number of unbranched alkanes of at least 4 members (excludes halogenated alkanes) is 19. The highest BCUT2D eigenvalue weighted by Crippen LogP contribution is 2.14. The molecular formula is C29H57N2+.